The molecule has 1 aliphatic carbocycles. The Bertz CT molecular complexity index is 849. The molecule has 8 heteroatoms. The highest BCUT2D eigenvalue weighted by Gasteiger charge is 2.41. The highest BCUT2D eigenvalue weighted by Crippen LogP contribution is 2.37. The van der Waals surface area contributed by atoms with Gasteiger partial charge in [0.2, 0.25) is 10.0 Å². The van der Waals surface area contributed by atoms with Crippen molar-refractivity contribution in [3.05, 3.63) is 70.0 Å². The standard InChI is InChI=1S/C17H19N3O4S/c1-13(17-4-2-3-11-18-17)19(15-9-10-15)25(23,24)12-14-5-7-16(8-6-14)20(21)22/h2-8,11,13,15H,9-10,12H2,1H3. The first-order chi connectivity index (χ1) is 11.9. The van der Waals surface area contributed by atoms with Gasteiger partial charge >= 0.3 is 0 Å². The third kappa shape index (κ3) is 4.02. The van der Waals surface area contributed by atoms with Gasteiger partial charge in [-0.15, -0.1) is 0 Å². The van der Waals surface area contributed by atoms with E-state index in [-0.39, 0.29) is 23.5 Å². The molecule has 1 unspecified atom stereocenters. The van der Waals surface area contributed by atoms with Crippen LogP contribution in [0.4, 0.5) is 5.69 Å². The number of non-ortho nitro benzene ring substituents is 1. The summed E-state index contributed by atoms with van der Waals surface area (Å²) in [5.74, 6) is -0.182. The molecule has 2 aromatic rings. The summed E-state index contributed by atoms with van der Waals surface area (Å²) in [7, 11) is -3.57. The Balaban J connectivity index is 1.84. The van der Waals surface area contributed by atoms with Crippen molar-refractivity contribution in [3.63, 3.8) is 0 Å². The second-order valence-corrected chi connectivity index (χ2v) is 8.05. The molecule has 132 valence electrons. The minimum atomic E-state index is -3.57. The molecule has 0 saturated heterocycles. The number of aromatic nitrogens is 1. The molecule has 3 rings (SSSR count). The molecule has 1 aromatic heterocycles. The quantitative estimate of drug-likeness (QED) is 0.558. The number of rotatable bonds is 7. The fourth-order valence-electron chi connectivity index (χ4n) is 2.87. The maximum atomic E-state index is 13.0. The van der Waals surface area contributed by atoms with E-state index in [1.165, 1.54) is 28.6 Å². The predicted molar refractivity (Wildman–Crippen MR) is 93.2 cm³/mol. The predicted octanol–water partition coefficient (Wildman–Crippen LogP) is 3.05. The molecule has 0 aliphatic heterocycles. The van der Waals surface area contributed by atoms with E-state index in [4.69, 9.17) is 0 Å². The van der Waals surface area contributed by atoms with Crippen LogP contribution in [0.15, 0.2) is 48.7 Å². The molecule has 1 aromatic carbocycles. The highest BCUT2D eigenvalue weighted by molar-refractivity contribution is 7.88. The van der Waals surface area contributed by atoms with Crippen LogP contribution in [0.2, 0.25) is 0 Å². The molecule has 0 radical (unpaired) electrons. The first-order valence-corrected chi connectivity index (χ1v) is 9.65. The lowest BCUT2D eigenvalue weighted by atomic mass is 10.2. The fourth-order valence-corrected chi connectivity index (χ4v) is 4.88. The zero-order valence-corrected chi connectivity index (χ0v) is 14.6. The van der Waals surface area contributed by atoms with Crippen LogP contribution >= 0.6 is 0 Å². The number of hydrogen-bond acceptors (Lipinski definition) is 5. The summed E-state index contributed by atoms with van der Waals surface area (Å²) < 4.78 is 27.5. The Kier molecular flexibility index (Phi) is 4.82. The Morgan fingerprint density at radius 3 is 2.44 bits per heavy atom. The summed E-state index contributed by atoms with van der Waals surface area (Å²) in [6.45, 7) is 1.84. The van der Waals surface area contributed by atoms with E-state index in [1.54, 1.807) is 12.3 Å². The zero-order valence-electron chi connectivity index (χ0n) is 13.8. The number of nitrogens with zero attached hydrogens (tertiary/aromatic N) is 3. The summed E-state index contributed by atoms with van der Waals surface area (Å²) >= 11 is 0. The highest BCUT2D eigenvalue weighted by atomic mass is 32.2. The second kappa shape index (κ2) is 6.89. The average Bonchev–Trinajstić information content (AvgIpc) is 3.40. The summed E-state index contributed by atoms with van der Waals surface area (Å²) in [5.41, 5.74) is 1.19. The van der Waals surface area contributed by atoms with Crippen LogP contribution in [-0.4, -0.2) is 28.7 Å². The van der Waals surface area contributed by atoms with Crippen LogP contribution in [-0.2, 0) is 15.8 Å². The van der Waals surface area contributed by atoms with Crippen molar-refractivity contribution in [2.24, 2.45) is 0 Å². The van der Waals surface area contributed by atoms with Crippen molar-refractivity contribution >= 4 is 15.7 Å². The summed E-state index contributed by atoms with van der Waals surface area (Å²) in [5, 5.41) is 10.7. The Labute approximate surface area is 146 Å². The van der Waals surface area contributed by atoms with E-state index in [0.29, 0.717) is 11.3 Å². The van der Waals surface area contributed by atoms with Gasteiger partial charge in [0.25, 0.3) is 5.69 Å². The van der Waals surface area contributed by atoms with E-state index < -0.39 is 14.9 Å². The third-order valence-electron chi connectivity index (χ3n) is 4.22. The van der Waals surface area contributed by atoms with Crippen molar-refractivity contribution < 1.29 is 13.3 Å². The molecule has 1 heterocycles. The van der Waals surface area contributed by atoms with E-state index in [0.717, 1.165) is 12.8 Å². The van der Waals surface area contributed by atoms with Crippen molar-refractivity contribution in [1.82, 2.24) is 9.29 Å². The van der Waals surface area contributed by atoms with Crippen molar-refractivity contribution in [2.75, 3.05) is 0 Å². The van der Waals surface area contributed by atoms with Crippen LogP contribution in [0.25, 0.3) is 0 Å². The molecule has 0 spiro atoms. The van der Waals surface area contributed by atoms with Gasteiger partial charge < -0.3 is 0 Å². The average molecular weight is 361 g/mol. The van der Waals surface area contributed by atoms with E-state index in [9.17, 15) is 18.5 Å². The molecule has 0 amide bonds. The number of hydrogen-bond donors (Lipinski definition) is 0. The monoisotopic (exact) mass is 361 g/mol. The number of pyridine rings is 1. The van der Waals surface area contributed by atoms with Gasteiger partial charge in [0.15, 0.2) is 0 Å². The minimum absolute atomic E-state index is 0.0000504. The molecule has 25 heavy (non-hydrogen) atoms. The van der Waals surface area contributed by atoms with E-state index >= 15 is 0 Å². The van der Waals surface area contributed by atoms with Gasteiger partial charge in [0, 0.05) is 24.4 Å². The molecule has 0 N–H and O–H groups in total. The van der Waals surface area contributed by atoms with Crippen molar-refractivity contribution in [1.29, 1.82) is 0 Å². The molecule has 1 fully saturated rings. The SMILES string of the molecule is CC(c1ccccn1)N(C1CC1)S(=O)(=O)Cc1ccc([N+](=O)[O-])cc1. The number of sulfonamides is 1. The second-order valence-electron chi connectivity index (χ2n) is 6.17. The van der Waals surface area contributed by atoms with Gasteiger partial charge in [-0.2, -0.15) is 4.31 Å². The third-order valence-corrected chi connectivity index (χ3v) is 6.18. The molecule has 0 bridgehead atoms. The van der Waals surface area contributed by atoms with Crippen LogP contribution in [0.3, 0.4) is 0 Å². The molecule has 1 atom stereocenters. The molecule has 1 aliphatic rings. The van der Waals surface area contributed by atoms with Gasteiger partial charge in [-0.1, -0.05) is 18.2 Å². The van der Waals surface area contributed by atoms with Gasteiger partial charge in [-0.3, -0.25) is 15.1 Å². The lowest BCUT2D eigenvalue weighted by molar-refractivity contribution is -0.384. The Morgan fingerprint density at radius 2 is 1.92 bits per heavy atom. The molecular formula is C17H19N3O4S. The smallest absolute Gasteiger partial charge is 0.260 e. The van der Waals surface area contributed by atoms with Gasteiger partial charge in [0.1, 0.15) is 0 Å². The van der Waals surface area contributed by atoms with Gasteiger partial charge in [-0.05, 0) is 37.5 Å². The molecule has 7 nitrogen and oxygen atoms in total. The lowest BCUT2D eigenvalue weighted by Gasteiger charge is -2.28. The fraction of sp³-hybridized carbons (Fsp3) is 0.353. The zero-order chi connectivity index (χ0) is 18.0. The van der Waals surface area contributed by atoms with Crippen LogP contribution < -0.4 is 0 Å². The van der Waals surface area contributed by atoms with Crippen molar-refractivity contribution in [3.8, 4) is 0 Å². The normalized spacial score (nSPS) is 15.9. The Morgan fingerprint density at radius 1 is 1.24 bits per heavy atom. The summed E-state index contributed by atoms with van der Waals surface area (Å²) in [4.78, 5) is 14.5. The summed E-state index contributed by atoms with van der Waals surface area (Å²) in [6, 6.07) is 10.7. The number of nitro benzene ring substituents is 1. The maximum absolute atomic E-state index is 13.0. The Hall–Kier alpha value is -2.32. The minimum Gasteiger partial charge on any atom is -0.260 e. The van der Waals surface area contributed by atoms with E-state index in [1.807, 2.05) is 19.1 Å². The summed E-state index contributed by atoms with van der Waals surface area (Å²) in [6.07, 6.45) is 3.34. The number of benzene rings is 1. The molecule has 1 saturated carbocycles. The van der Waals surface area contributed by atoms with Gasteiger partial charge in [0.05, 0.1) is 22.4 Å². The lowest BCUT2D eigenvalue weighted by Crippen LogP contribution is -2.36. The maximum Gasteiger partial charge on any atom is 0.269 e. The van der Waals surface area contributed by atoms with Gasteiger partial charge in [-0.25, -0.2) is 8.42 Å². The largest absolute Gasteiger partial charge is 0.269 e. The molecular weight excluding hydrogens is 342 g/mol. The van der Waals surface area contributed by atoms with Crippen LogP contribution in [0.5, 0.6) is 0 Å². The van der Waals surface area contributed by atoms with Crippen LogP contribution in [0.1, 0.15) is 37.1 Å². The first kappa shape index (κ1) is 17.5. The van der Waals surface area contributed by atoms with Crippen LogP contribution in [0, 0.1) is 10.1 Å². The van der Waals surface area contributed by atoms with E-state index in [2.05, 4.69) is 4.98 Å². The first-order valence-electron chi connectivity index (χ1n) is 8.04. The van der Waals surface area contributed by atoms with Crippen molar-refractivity contribution in [2.45, 2.75) is 37.6 Å². The topological polar surface area (TPSA) is 93.4 Å². The number of nitro groups is 1.